The van der Waals surface area contributed by atoms with Crippen LogP contribution in [-0.2, 0) is 6.42 Å². The lowest BCUT2D eigenvalue weighted by Crippen LogP contribution is -2.13. The third-order valence-electron chi connectivity index (χ3n) is 3.43. The Labute approximate surface area is 122 Å². The lowest BCUT2D eigenvalue weighted by atomic mass is 10.0. The zero-order valence-electron chi connectivity index (χ0n) is 11.5. The molecule has 0 saturated carbocycles. The molecule has 3 N–H and O–H groups in total. The molecule has 1 atom stereocenters. The van der Waals surface area contributed by atoms with E-state index in [1.54, 1.807) is 24.4 Å². The number of aromatic amines is 1. The van der Waals surface area contributed by atoms with Gasteiger partial charge in [0.2, 0.25) is 0 Å². The molecule has 2 aromatic carbocycles. The van der Waals surface area contributed by atoms with Crippen LogP contribution in [0.3, 0.4) is 0 Å². The molecule has 3 aromatic rings. The fraction of sp³-hybridized carbons (Fsp3) is 0.118. The summed E-state index contributed by atoms with van der Waals surface area (Å²) in [7, 11) is 0. The number of halogens is 1. The molecule has 0 fully saturated rings. The molecular formula is C17H16FN3. The van der Waals surface area contributed by atoms with Gasteiger partial charge in [0.25, 0.3) is 0 Å². The SMILES string of the molecule is NC(Cc1ncc(-c2ccccc2F)[nH]1)c1ccccc1. The number of aromatic nitrogens is 2. The van der Waals surface area contributed by atoms with Crippen molar-refractivity contribution in [3.05, 3.63) is 78.0 Å². The second kappa shape index (κ2) is 5.89. The van der Waals surface area contributed by atoms with Crippen molar-refractivity contribution >= 4 is 0 Å². The van der Waals surface area contributed by atoms with Crippen LogP contribution in [0.2, 0.25) is 0 Å². The first-order valence-electron chi connectivity index (χ1n) is 6.83. The maximum atomic E-state index is 13.7. The van der Waals surface area contributed by atoms with Gasteiger partial charge < -0.3 is 10.7 Å². The van der Waals surface area contributed by atoms with Gasteiger partial charge in [-0.15, -0.1) is 0 Å². The molecule has 0 saturated heterocycles. The molecular weight excluding hydrogens is 265 g/mol. The molecule has 1 aromatic heterocycles. The predicted molar refractivity (Wildman–Crippen MR) is 81.1 cm³/mol. The van der Waals surface area contributed by atoms with Crippen molar-refractivity contribution in [2.75, 3.05) is 0 Å². The molecule has 0 bridgehead atoms. The highest BCUT2D eigenvalue weighted by molar-refractivity contribution is 5.59. The topological polar surface area (TPSA) is 54.7 Å². The molecule has 106 valence electrons. The van der Waals surface area contributed by atoms with E-state index < -0.39 is 0 Å². The van der Waals surface area contributed by atoms with Crippen molar-refractivity contribution in [2.45, 2.75) is 12.5 Å². The van der Waals surface area contributed by atoms with Gasteiger partial charge in [0, 0.05) is 18.0 Å². The zero-order chi connectivity index (χ0) is 14.7. The average molecular weight is 281 g/mol. The number of benzene rings is 2. The average Bonchev–Trinajstić information content (AvgIpc) is 2.97. The summed E-state index contributed by atoms with van der Waals surface area (Å²) in [5, 5.41) is 0. The second-order valence-corrected chi connectivity index (χ2v) is 4.94. The number of nitrogens with two attached hydrogens (primary N) is 1. The summed E-state index contributed by atoms with van der Waals surface area (Å²) in [4.78, 5) is 7.44. The quantitative estimate of drug-likeness (QED) is 0.769. The number of H-pyrrole nitrogens is 1. The smallest absolute Gasteiger partial charge is 0.132 e. The summed E-state index contributed by atoms with van der Waals surface area (Å²) in [5.41, 5.74) is 8.42. The van der Waals surface area contributed by atoms with Gasteiger partial charge in [0.05, 0.1) is 11.9 Å². The van der Waals surface area contributed by atoms with Crippen molar-refractivity contribution in [2.24, 2.45) is 5.73 Å². The molecule has 3 rings (SSSR count). The fourth-order valence-corrected chi connectivity index (χ4v) is 2.31. The standard InChI is InChI=1S/C17H16FN3/c18-14-9-5-4-8-13(14)16-11-20-17(21-16)10-15(19)12-6-2-1-3-7-12/h1-9,11,15H,10,19H2,(H,20,21). The van der Waals surface area contributed by atoms with Crippen LogP contribution in [0.15, 0.2) is 60.8 Å². The van der Waals surface area contributed by atoms with E-state index in [1.807, 2.05) is 30.3 Å². The number of hydrogen-bond acceptors (Lipinski definition) is 2. The third kappa shape index (κ3) is 3.01. The van der Waals surface area contributed by atoms with E-state index in [4.69, 9.17) is 5.73 Å². The highest BCUT2D eigenvalue weighted by Gasteiger charge is 2.11. The number of nitrogens with zero attached hydrogens (tertiary/aromatic N) is 1. The Morgan fingerprint density at radius 2 is 1.76 bits per heavy atom. The Kier molecular flexibility index (Phi) is 3.79. The van der Waals surface area contributed by atoms with Crippen LogP contribution in [0, 0.1) is 5.82 Å². The zero-order valence-corrected chi connectivity index (χ0v) is 11.5. The molecule has 0 aliphatic heterocycles. The van der Waals surface area contributed by atoms with Crippen molar-refractivity contribution < 1.29 is 4.39 Å². The molecule has 1 heterocycles. The van der Waals surface area contributed by atoms with Crippen LogP contribution < -0.4 is 5.73 Å². The largest absolute Gasteiger partial charge is 0.342 e. The Morgan fingerprint density at radius 1 is 1.05 bits per heavy atom. The van der Waals surface area contributed by atoms with E-state index >= 15 is 0 Å². The summed E-state index contributed by atoms with van der Waals surface area (Å²) >= 11 is 0. The molecule has 0 spiro atoms. The van der Waals surface area contributed by atoms with E-state index in [2.05, 4.69) is 9.97 Å². The lowest BCUT2D eigenvalue weighted by Gasteiger charge is -2.09. The fourth-order valence-electron chi connectivity index (χ4n) is 2.31. The van der Waals surface area contributed by atoms with Crippen molar-refractivity contribution in [1.82, 2.24) is 9.97 Å². The highest BCUT2D eigenvalue weighted by atomic mass is 19.1. The molecule has 21 heavy (non-hydrogen) atoms. The van der Waals surface area contributed by atoms with Crippen LogP contribution in [0.4, 0.5) is 4.39 Å². The molecule has 1 unspecified atom stereocenters. The van der Waals surface area contributed by atoms with Gasteiger partial charge in [-0.2, -0.15) is 0 Å². The first kappa shape index (κ1) is 13.5. The van der Waals surface area contributed by atoms with Crippen molar-refractivity contribution in [3.63, 3.8) is 0 Å². The first-order chi connectivity index (χ1) is 10.2. The van der Waals surface area contributed by atoms with Crippen LogP contribution in [0.5, 0.6) is 0 Å². The summed E-state index contributed by atoms with van der Waals surface area (Å²) in [6, 6.07) is 16.4. The van der Waals surface area contributed by atoms with Gasteiger partial charge in [0.1, 0.15) is 11.6 Å². The maximum absolute atomic E-state index is 13.7. The van der Waals surface area contributed by atoms with Crippen LogP contribution in [0.1, 0.15) is 17.4 Å². The lowest BCUT2D eigenvalue weighted by molar-refractivity contribution is 0.630. The minimum atomic E-state index is -0.264. The van der Waals surface area contributed by atoms with E-state index in [-0.39, 0.29) is 11.9 Å². The second-order valence-electron chi connectivity index (χ2n) is 4.94. The molecule has 0 aliphatic rings. The number of hydrogen-bond donors (Lipinski definition) is 2. The van der Waals surface area contributed by atoms with Crippen LogP contribution in [0.25, 0.3) is 11.3 Å². The molecule has 4 heteroatoms. The van der Waals surface area contributed by atoms with Gasteiger partial charge in [-0.3, -0.25) is 0 Å². The van der Waals surface area contributed by atoms with Gasteiger partial charge in [-0.25, -0.2) is 9.37 Å². The minimum absolute atomic E-state index is 0.133. The van der Waals surface area contributed by atoms with E-state index in [1.165, 1.54) is 6.07 Å². The van der Waals surface area contributed by atoms with Crippen molar-refractivity contribution in [1.29, 1.82) is 0 Å². The minimum Gasteiger partial charge on any atom is -0.342 e. The first-order valence-corrected chi connectivity index (χ1v) is 6.83. The summed E-state index contributed by atoms with van der Waals surface area (Å²) in [6.45, 7) is 0. The molecule has 0 aliphatic carbocycles. The van der Waals surface area contributed by atoms with Crippen LogP contribution >= 0.6 is 0 Å². The Balaban J connectivity index is 1.78. The highest BCUT2D eigenvalue weighted by Crippen LogP contribution is 2.22. The molecule has 0 amide bonds. The molecule has 3 nitrogen and oxygen atoms in total. The number of nitrogens with one attached hydrogen (secondary N) is 1. The number of imidazole rings is 1. The number of rotatable bonds is 4. The summed E-state index contributed by atoms with van der Waals surface area (Å²) in [5.74, 6) is 0.490. The Morgan fingerprint density at radius 3 is 2.52 bits per heavy atom. The van der Waals surface area contributed by atoms with Gasteiger partial charge in [0.15, 0.2) is 0 Å². The van der Waals surface area contributed by atoms with Crippen molar-refractivity contribution in [3.8, 4) is 11.3 Å². The van der Waals surface area contributed by atoms with E-state index in [0.717, 1.165) is 11.4 Å². The predicted octanol–water partition coefficient (Wildman–Crippen LogP) is 3.46. The van der Waals surface area contributed by atoms with E-state index in [0.29, 0.717) is 17.7 Å². The van der Waals surface area contributed by atoms with Gasteiger partial charge in [-0.1, -0.05) is 42.5 Å². The Bertz CT molecular complexity index is 722. The summed E-state index contributed by atoms with van der Waals surface area (Å²) in [6.07, 6.45) is 2.23. The normalized spacial score (nSPS) is 12.3. The van der Waals surface area contributed by atoms with Gasteiger partial charge in [-0.05, 0) is 17.7 Å². The van der Waals surface area contributed by atoms with Crippen LogP contribution in [-0.4, -0.2) is 9.97 Å². The molecule has 0 radical (unpaired) electrons. The Hall–Kier alpha value is -2.46. The monoisotopic (exact) mass is 281 g/mol. The summed E-state index contributed by atoms with van der Waals surface area (Å²) < 4.78 is 13.7. The van der Waals surface area contributed by atoms with Gasteiger partial charge >= 0.3 is 0 Å². The van der Waals surface area contributed by atoms with E-state index in [9.17, 15) is 4.39 Å². The third-order valence-corrected chi connectivity index (χ3v) is 3.43. The maximum Gasteiger partial charge on any atom is 0.132 e.